The first-order valence-corrected chi connectivity index (χ1v) is 8.80. The Kier molecular flexibility index (Phi) is 6.92. The van der Waals surface area contributed by atoms with E-state index in [1.54, 1.807) is 18.2 Å². The summed E-state index contributed by atoms with van der Waals surface area (Å²) in [5.41, 5.74) is 3.66. The number of thiocarbonyl (C=S) groups is 1. The molecule has 1 aliphatic heterocycles. The number of allylic oxidation sites excluding steroid dienone is 1. The molecule has 3 rings (SSSR count). The molecular formula is C21H24N2O2S. The third-order valence-corrected chi connectivity index (χ3v) is 4.51. The van der Waals surface area contributed by atoms with E-state index in [-0.39, 0.29) is 11.8 Å². The molecule has 2 N–H and O–H groups in total. The van der Waals surface area contributed by atoms with E-state index in [1.165, 1.54) is 5.56 Å². The lowest BCUT2D eigenvalue weighted by Gasteiger charge is -2.19. The summed E-state index contributed by atoms with van der Waals surface area (Å²) in [4.78, 5) is 14.0. The summed E-state index contributed by atoms with van der Waals surface area (Å²) in [6.07, 6.45) is 0.849. The Morgan fingerprint density at radius 2 is 1.85 bits per heavy atom. The van der Waals surface area contributed by atoms with Gasteiger partial charge in [-0.25, -0.2) is 0 Å². The van der Waals surface area contributed by atoms with Crippen molar-refractivity contribution in [3.05, 3.63) is 77.0 Å². The van der Waals surface area contributed by atoms with Gasteiger partial charge in [-0.1, -0.05) is 60.2 Å². The molecule has 26 heavy (non-hydrogen) atoms. The number of rotatable bonds is 2. The largest absolute Gasteiger partial charge is 0.508 e. The average molecular weight is 369 g/mol. The number of aldehydes is 1. The van der Waals surface area contributed by atoms with Gasteiger partial charge in [0.25, 0.3) is 0 Å². The highest BCUT2D eigenvalue weighted by atomic mass is 32.1. The third kappa shape index (κ3) is 5.17. The average Bonchev–Trinajstić information content (AvgIpc) is 2.72. The number of nitrogens with one attached hydrogen (secondary N) is 1. The Morgan fingerprint density at radius 3 is 2.38 bits per heavy atom. The van der Waals surface area contributed by atoms with E-state index in [4.69, 9.17) is 12.2 Å². The minimum absolute atomic E-state index is 0.172. The topological polar surface area (TPSA) is 52.6 Å². The second kappa shape index (κ2) is 9.15. The normalized spacial score (nSPS) is 17.0. The number of aryl methyl sites for hydroxylation is 1. The van der Waals surface area contributed by atoms with Crippen LogP contribution in [0, 0.1) is 6.92 Å². The lowest BCUT2D eigenvalue weighted by Crippen LogP contribution is -2.31. The minimum atomic E-state index is -0.318. The van der Waals surface area contributed by atoms with Crippen LogP contribution < -0.4 is 5.32 Å². The maximum Gasteiger partial charge on any atom is 0.150 e. The summed E-state index contributed by atoms with van der Waals surface area (Å²) in [5.74, 6) is 0.172. The number of phenols is 1. The summed E-state index contributed by atoms with van der Waals surface area (Å²) in [6.45, 7) is 4.56. The van der Waals surface area contributed by atoms with E-state index >= 15 is 0 Å². The monoisotopic (exact) mass is 368 g/mol. The molecule has 0 fully saturated rings. The predicted molar refractivity (Wildman–Crippen MR) is 109 cm³/mol. The first-order chi connectivity index (χ1) is 12.4. The maximum absolute atomic E-state index is 11.4. The van der Waals surface area contributed by atoms with Crippen LogP contribution in [0.4, 0.5) is 0 Å². The Hall–Kier alpha value is -2.66. The van der Waals surface area contributed by atoms with Crippen LogP contribution in [0.3, 0.4) is 0 Å². The van der Waals surface area contributed by atoms with E-state index in [9.17, 15) is 9.90 Å². The SMILES string of the molecule is CC1=C(C=O)C(c2cccc(O)c2)NC(=S)CN1C.Cc1ccccc1. The highest BCUT2D eigenvalue weighted by molar-refractivity contribution is 7.80. The summed E-state index contributed by atoms with van der Waals surface area (Å²) in [5, 5.41) is 12.8. The van der Waals surface area contributed by atoms with Crippen LogP contribution in [0.25, 0.3) is 0 Å². The Labute approximate surface area is 160 Å². The molecule has 2 aromatic carbocycles. The van der Waals surface area contributed by atoms with Crippen molar-refractivity contribution in [3.63, 3.8) is 0 Å². The van der Waals surface area contributed by atoms with Gasteiger partial charge in [-0.3, -0.25) is 4.79 Å². The Morgan fingerprint density at radius 1 is 1.15 bits per heavy atom. The van der Waals surface area contributed by atoms with Crippen molar-refractivity contribution in [1.82, 2.24) is 10.2 Å². The van der Waals surface area contributed by atoms with Crippen LogP contribution in [0.2, 0.25) is 0 Å². The van der Waals surface area contributed by atoms with Gasteiger partial charge in [0.15, 0.2) is 0 Å². The standard InChI is InChI=1S/C14H16N2O2S.C7H8/c1-9-12(8-17)14(15-13(19)7-16(9)2)10-4-3-5-11(18)6-10;1-7-5-3-2-4-6-7/h3-6,8,14,18H,7H2,1-2H3,(H,15,19);2-6H,1H3. The molecule has 5 heteroatoms. The molecule has 1 atom stereocenters. The maximum atomic E-state index is 11.4. The molecule has 2 aromatic rings. The zero-order chi connectivity index (χ0) is 19.1. The van der Waals surface area contributed by atoms with Gasteiger partial charge in [0.05, 0.1) is 17.6 Å². The van der Waals surface area contributed by atoms with E-state index < -0.39 is 0 Å². The molecule has 0 saturated heterocycles. The number of carbonyl (C=O) groups excluding carboxylic acids is 1. The molecule has 0 aliphatic carbocycles. The molecule has 1 heterocycles. The number of likely N-dealkylation sites (N-methyl/N-ethyl adjacent to an activating group) is 1. The van der Waals surface area contributed by atoms with Gasteiger partial charge in [0, 0.05) is 18.3 Å². The fourth-order valence-corrected chi connectivity index (χ4v) is 3.01. The molecule has 0 aromatic heterocycles. The van der Waals surface area contributed by atoms with Crippen molar-refractivity contribution in [2.75, 3.05) is 13.6 Å². The fourth-order valence-electron chi connectivity index (χ4n) is 2.70. The van der Waals surface area contributed by atoms with Crippen molar-refractivity contribution in [3.8, 4) is 5.75 Å². The van der Waals surface area contributed by atoms with Crippen LogP contribution in [0.15, 0.2) is 65.9 Å². The summed E-state index contributed by atoms with van der Waals surface area (Å²) in [6, 6.07) is 16.8. The molecule has 0 amide bonds. The summed E-state index contributed by atoms with van der Waals surface area (Å²) >= 11 is 5.28. The Balaban J connectivity index is 0.000000290. The predicted octanol–water partition coefficient (Wildman–Crippen LogP) is 3.76. The molecule has 1 unspecified atom stereocenters. The van der Waals surface area contributed by atoms with Crippen molar-refractivity contribution < 1.29 is 9.90 Å². The van der Waals surface area contributed by atoms with Crippen LogP contribution in [-0.2, 0) is 4.79 Å². The number of hydrogen-bond donors (Lipinski definition) is 2. The van der Waals surface area contributed by atoms with Crippen molar-refractivity contribution in [1.29, 1.82) is 0 Å². The van der Waals surface area contributed by atoms with Crippen LogP contribution >= 0.6 is 12.2 Å². The van der Waals surface area contributed by atoms with Gasteiger partial charge < -0.3 is 15.3 Å². The smallest absolute Gasteiger partial charge is 0.150 e. The van der Waals surface area contributed by atoms with E-state index in [2.05, 4.69) is 24.4 Å². The van der Waals surface area contributed by atoms with Crippen molar-refractivity contribution >= 4 is 23.5 Å². The molecule has 0 saturated carbocycles. The molecule has 0 bridgehead atoms. The molecule has 136 valence electrons. The quantitative estimate of drug-likeness (QED) is 0.624. The number of carbonyl (C=O) groups is 1. The first kappa shape index (κ1) is 19.7. The van der Waals surface area contributed by atoms with E-state index in [1.807, 2.05) is 43.1 Å². The molecule has 0 spiro atoms. The first-order valence-electron chi connectivity index (χ1n) is 8.39. The van der Waals surface area contributed by atoms with E-state index in [0.717, 1.165) is 17.5 Å². The highest BCUT2D eigenvalue weighted by Gasteiger charge is 2.25. The second-order valence-corrected chi connectivity index (χ2v) is 6.76. The lowest BCUT2D eigenvalue weighted by atomic mass is 9.98. The molecule has 1 aliphatic rings. The summed E-state index contributed by atoms with van der Waals surface area (Å²) in [7, 11) is 1.90. The lowest BCUT2D eigenvalue weighted by molar-refractivity contribution is -0.105. The third-order valence-electron chi connectivity index (χ3n) is 4.26. The van der Waals surface area contributed by atoms with Gasteiger partial charge >= 0.3 is 0 Å². The Bertz CT molecular complexity index is 803. The number of phenolic OH excluding ortho intramolecular Hbond substituents is 1. The van der Waals surface area contributed by atoms with Crippen LogP contribution in [0.5, 0.6) is 5.75 Å². The molecule has 4 nitrogen and oxygen atoms in total. The fraction of sp³-hybridized carbons (Fsp3) is 0.238. The number of benzene rings is 2. The van der Waals surface area contributed by atoms with Gasteiger partial charge in [0.1, 0.15) is 12.0 Å². The molecule has 0 radical (unpaired) electrons. The highest BCUT2D eigenvalue weighted by Crippen LogP contribution is 2.28. The van der Waals surface area contributed by atoms with Crippen LogP contribution in [-0.4, -0.2) is 34.9 Å². The van der Waals surface area contributed by atoms with Gasteiger partial charge in [0.2, 0.25) is 0 Å². The minimum Gasteiger partial charge on any atom is -0.508 e. The number of nitrogens with zero attached hydrogens (tertiary/aromatic N) is 1. The van der Waals surface area contributed by atoms with Gasteiger partial charge in [-0.05, 0) is 31.5 Å². The zero-order valence-corrected chi connectivity index (χ0v) is 16.1. The van der Waals surface area contributed by atoms with E-state index in [0.29, 0.717) is 17.1 Å². The zero-order valence-electron chi connectivity index (χ0n) is 15.3. The number of hydrogen-bond acceptors (Lipinski definition) is 4. The van der Waals surface area contributed by atoms with Crippen LogP contribution in [0.1, 0.15) is 24.1 Å². The second-order valence-electron chi connectivity index (χ2n) is 6.26. The van der Waals surface area contributed by atoms with Gasteiger partial charge in [-0.2, -0.15) is 0 Å². The molecular weight excluding hydrogens is 344 g/mol. The summed E-state index contributed by atoms with van der Waals surface area (Å²) < 4.78 is 0. The number of aromatic hydroxyl groups is 1. The van der Waals surface area contributed by atoms with Crippen molar-refractivity contribution in [2.45, 2.75) is 19.9 Å². The van der Waals surface area contributed by atoms with Crippen molar-refractivity contribution in [2.24, 2.45) is 0 Å². The van der Waals surface area contributed by atoms with Gasteiger partial charge in [-0.15, -0.1) is 0 Å².